The SMILES string of the molecule is CC(C)(CO)NCc1cccc(Oc2ncccn2)c1. The van der Waals surface area contributed by atoms with Crippen LogP contribution in [0.2, 0.25) is 0 Å². The van der Waals surface area contributed by atoms with Gasteiger partial charge < -0.3 is 15.2 Å². The van der Waals surface area contributed by atoms with Crippen molar-refractivity contribution >= 4 is 0 Å². The Bertz CT molecular complexity index is 544. The van der Waals surface area contributed by atoms with Gasteiger partial charge in [-0.1, -0.05) is 12.1 Å². The largest absolute Gasteiger partial charge is 0.424 e. The molecule has 0 radical (unpaired) electrons. The minimum Gasteiger partial charge on any atom is -0.424 e. The van der Waals surface area contributed by atoms with E-state index in [0.29, 0.717) is 18.3 Å². The second kappa shape index (κ2) is 6.45. The Morgan fingerprint density at radius 1 is 1.20 bits per heavy atom. The number of hydrogen-bond donors (Lipinski definition) is 2. The summed E-state index contributed by atoms with van der Waals surface area (Å²) >= 11 is 0. The molecule has 2 rings (SSSR count). The molecule has 0 saturated carbocycles. The summed E-state index contributed by atoms with van der Waals surface area (Å²) in [6.07, 6.45) is 3.27. The van der Waals surface area contributed by atoms with Crippen molar-refractivity contribution in [2.24, 2.45) is 0 Å². The fourth-order valence-electron chi connectivity index (χ4n) is 1.56. The molecule has 1 aromatic heterocycles. The molecule has 0 fully saturated rings. The maximum atomic E-state index is 9.22. The van der Waals surface area contributed by atoms with Crippen molar-refractivity contribution in [2.45, 2.75) is 25.9 Å². The van der Waals surface area contributed by atoms with Crippen LogP contribution in [0.25, 0.3) is 0 Å². The molecule has 106 valence electrons. The maximum absolute atomic E-state index is 9.22. The topological polar surface area (TPSA) is 67.3 Å². The lowest BCUT2D eigenvalue weighted by atomic mass is 10.1. The van der Waals surface area contributed by atoms with Crippen LogP contribution in [0.3, 0.4) is 0 Å². The van der Waals surface area contributed by atoms with Gasteiger partial charge in [-0.15, -0.1) is 0 Å². The second-order valence-corrected chi connectivity index (χ2v) is 5.18. The van der Waals surface area contributed by atoms with Gasteiger partial charge in [-0.2, -0.15) is 0 Å². The standard InChI is InChI=1S/C15H19N3O2/c1-15(2,11-19)18-10-12-5-3-6-13(9-12)20-14-16-7-4-8-17-14/h3-9,18-19H,10-11H2,1-2H3. The lowest BCUT2D eigenvalue weighted by Gasteiger charge is -2.23. The predicted molar refractivity (Wildman–Crippen MR) is 76.6 cm³/mol. The van der Waals surface area contributed by atoms with Crippen LogP contribution >= 0.6 is 0 Å². The van der Waals surface area contributed by atoms with Gasteiger partial charge in [0, 0.05) is 24.5 Å². The van der Waals surface area contributed by atoms with Gasteiger partial charge in [-0.3, -0.25) is 0 Å². The number of nitrogens with zero attached hydrogens (tertiary/aromatic N) is 2. The van der Waals surface area contributed by atoms with Gasteiger partial charge in [0.05, 0.1) is 6.61 Å². The lowest BCUT2D eigenvalue weighted by molar-refractivity contribution is 0.187. The zero-order chi connectivity index (χ0) is 14.4. The zero-order valence-electron chi connectivity index (χ0n) is 11.7. The van der Waals surface area contributed by atoms with E-state index >= 15 is 0 Å². The van der Waals surface area contributed by atoms with Crippen molar-refractivity contribution in [3.8, 4) is 11.8 Å². The Hall–Kier alpha value is -1.98. The summed E-state index contributed by atoms with van der Waals surface area (Å²) in [4.78, 5) is 8.04. The van der Waals surface area contributed by atoms with Gasteiger partial charge in [-0.05, 0) is 37.6 Å². The molecular formula is C15H19N3O2. The average molecular weight is 273 g/mol. The zero-order valence-corrected chi connectivity index (χ0v) is 11.7. The number of rotatable bonds is 6. The molecule has 0 aliphatic carbocycles. The lowest BCUT2D eigenvalue weighted by Crippen LogP contribution is -2.42. The highest BCUT2D eigenvalue weighted by Crippen LogP contribution is 2.18. The first-order valence-corrected chi connectivity index (χ1v) is 6.49. The number of ether oxygens (including phenoxy) is 1. The molecule has 0 unspecified atom stereocenters. The summed E-state index contributed by atoms with van der Waals surface area (Å²) in [5.74, 6) is 0.692. The summed E-state index contributed by atoms with van der Waals surface area (Å²) in [7, 11) is 0. The van der Waals surface area contributed by atoms with Gasteiger partial charge in [0.25, 0.3) is 0 Å². The molecule has 1 heterocycles. The van der Waals surface area contributed by atoms with Gasteiger partial charge in [0.1, 0.15) is 5.75 Å². The molecule has 0 bridgehead atoms. The summed E-state index contributed by atoms with van der Waals surface area (Å²) in [6, 6.07) is 9.77. The van der Waals surface area contributed by atoms with Crippen molar-refractivity contribution in [1.82, 2.24) is 15.3 Å². The van der Waals surface area contributed by atoms with Crippen molar-refractivity contribution in [1.29, 1.82) is 0 Å². The first-order valence-electron chi connectivity index (χ1n) is 6.49. The van der Waals surface area contributed by atoms with E-state index in [-0.39, 0.29) is 12.1 Å². The number of benzene rings is 1. The van der Waals surface area contributed by atoms with Crippen LogP contribution in [0.4, 0.5) is 0 Å². The maximum Gasteiger partial charge on any atom is 0.321 e. The third kappa shape index (κ3) is 4.29. The average Bonchev–Trinajstić information content (AvgIpc) is 2.47. The van der Waals surface area contributed by atoms with Crippen LogP contribution in [0.15, 0.2) is 42.7 Å². The van der Waals surface area contributed by atoms with E-state index in [1.54, 1.807) is 18.5 Å². The molecule has 2 N–H and O–H groups in total. The highest BCUT2D eigenvalue weighted by atomic mass is 16.5. The van der Waals surface area contributed by atoms with Gasteiger partial charge in [0.2, 0.25) is 0 Å². The van der Waals surface area contributed by atoms with E-state index in [2.05, 4.69) is 15.3 Å². The molecule has 0 amide bonds. The number of aromatic nitrogens is 2. The highest BCUT2D eigenvalue weighted by Gasteiger charge is 2.14. The Morgan fingerprint density at radius 2 is 1.95 bits per heavy atom. The minimum atomic E-state index is -0.306. The van der Waals surface area contributed by atoms with Crippen LogP contribution in [0, 0.1) is 0 Å². The molecule has 0 saturated heterocycles. The Balaban J connectivity index is 2.01. The van der Waals surface area contributed by atoms with Crippen LogP contribution in [0.5, 0.6) is 11.8 Å². The molecular weight excluding hydrogens is 254 g/mol. The van der Waals surface area contributed by atoms with E-state index in [0.717, 1.165) is 5.56 Å². The van der Waals surface area contributed by atoms with Crippen LogP contribution in [-0.4, -0.2) is 27.2 Å². The predicted octanol–water partition coefficient (Wildman–Crippen LogP) is 2.13. The van der Waals surface area contributed by atoms with Crippen LogP contribution < -0.4 is 10.1 Å². The molecule has 1 aromatic carbocycles. The fraction of sp³-hybridized carbons (Fsp3) is 0.333. The number of aliphatic hydroxyl groups is 1. The summed E-state index contributed by atoms with van der Waals surface area (Å²) in [5.41, 5.74) is 0.763. The molecule has 0 aliphatic rings. The normalized spacial score (nSPS) is 11.3. The Labute approximate surface area is 118 Å². The minimum absolute atomic E-state index is 0.0844. The summed E-state index contributed by atoms with van der Waals surface area (Å²) in [6.45, 7) is 4.64. The van der Waals surface area contributed by atoms with Crippen LogP contribution in [-0.2, 0) is 6.54 Å². The quantitative estimate of drug-likeness (QED) is 0.844. The summed E-state index contributed by atoms with van der Waals surface area (Å²) in [5, 5.41) is 12.5. The van der Waals surface area contributed by atoms with Crippen molar-refractivity contribution in [3.05, 3.63) is 48.3 Å². The number of aliphatic hydroxyl groups excluding tert-OH is 1. The smallest absolute Gasteiger partial charge is 0.321 e. The molecule has 0 spiro atoms. The number of nitrogens with one attached hydrogen (secondary N) is 1. The molecule has 2 aromatic rings. The number of hydrogen-bond acceptors (Lipinski definition) is 5. The molecule has 5 nitrogen and oxygen atoms in total. The van der Waals surface area contributed by atoms with Gasteiger partial charge in [0.15, 0.2) is 0 Å². The van der Waals surface area contributed by atoms with Crippen molar-refractivity contribution in [2.75, 3.05) is 6.61 Å². The van der Waals surface area contributed by atoms with E-state index in [1.165, 1.54) is 0 Å². The Morgan fingerprint density at radius 3 is 2.65 bits per heavy atom. The Kier molecular flexibility index (Phi) is 4.65. The molecule has 5 heteroatoms. The van der Waals surface area contributed by atoms with Crippen LogP contribution in [0.1, 0.15) is 19.4 Å². The third-order valence-corrected chi connectivity index (χ3v) is 2.82. The van der Waals surface area contributed by atoms with Gasteiger partial charge >= 0.3 is 6.01 Å². The molecule has 0 atom stereocenters. The third-order valence-electron chi connectivity index (χ3n) is 2.82. The first kappa shape index (κ1) is 14.4. The second-order valence-electron chi connectivity index (χ2n) is 5.18. The van der Waals surface area contributed by atoms with E-state index < -0.39 is 0 Å². The van der Waals surface area contributed by atoms with E-state index in [9.17, 15) is 5.11 Å². The molecule has 0 aliphatic heterocycles. The van der Waals surface area contributed by atoms with Gasteiger partial charge in [-0.25, -0.2) is 9.97 Å². The van der Waals surface area contributed by atoms with E-state index in [4.69, 9.17) is 4.74 Å². The first-order chi connectivity index (χ1) is 9.59. The summed E-state index contributed by atoms with van der Waals surface area (Å²) < 4.78 is 5.58. The van der Waals surface area contributed by atoms with Crippen molar-refractivity contribution < 1.29 is 9.84 Å². The van der Waals surface area contributed by atoms with E-state index in [1.807, 2.05) is 38.1 Å². The highest BCUT2D eigenvalue weighted by molar-refractivity contribution is 5.30. The monoisotopic (exact) mass is 273 g/mol. The van der Waals surface area contributed by atoms with Crippen molar-refractivity contribution in [3.63, 3.8) is 0 Å². The molecule has 20 heavy (non-hydrogen) atoms. The fourth-order valence-corrected chi connectivity index (χ4v) is 1.56.